The minimum absolute atomic E-state index is 0.312. The number of anilines is 3. The van der Waals surface area contributed by atoms with Crippen molar-refractivity contribution in [2.45, 2.75) is 24.7 Å². The highest BCUT2D eigenvalue weighted by Crippen LogP contribution is 2.61. The van der Waals surface area contributed by atoms with Gasteiger partial charge in [0.1, 0.15) is 11.2 Å². The molecule has 1 spiro atoms. The van der Waals surface area contributed by atoms with E-state index in [1.165, 1.54) is 72.0 Å². The first-order valence-electron chi connectivity index (χ1n) is 21.3. The van der Waals surface area contributed by atoms with Crippen molar-refractivity contribution >= 4 is 60.8 Å². The molecule has 1 aliphatic heterocycles. The minimum atomic E-state index is -0.558. The Balaban J connectivity index is 1.10. The van der Waals surface area contributed by atoms with E-state index in [-0.39, 0.29) is 5.41 Å². The van der Waals surface area contributed by atoms with Crippen LogP contribution in [0.1, 0.15) is 47.2 Å². The quantitative estimate of drug-likeness (QED) is 0.177. The summed E-state index contributed by atoms with van der Waals surface area (Å²) in [5.74, 6) is 0. The number of rotatable bonds is 4. The van der Waals surface area contributed by atoms with Gasteiger partial charge >= 0.3 is 0 Å². The topological polar surface area (TPSA) is 21.3 Å². The molecule has 61 heavy (non-hydrogen) atoms. The van der Waals surface area contributed by atoms with Crippen LogP contribution in [0.15, 0.2) is 211 Å². The number of hydrogen-bond donors (Lipinski definition) is 0. The number of nitrogens with zero attached hydrogens (tertiary/aromatic N) is 2. The molecule has 13 rings (SSSR count). The molecule has 9 aromatic carbocycles. The number of furan rings is 1. The summed E-state index contributed by atoms with van der Waals surface area (Å²) >= 11 is 0. The zero-order chi connectivity index (χ0) is 40.5. The SMILES string of the molecule is CC1(C)c2ccccc2C2(c3ccccc3-n3c4ccccc4c4cccc2c43)c2ccc(N(c3ccc(-c4ccccc4)cc3)c3ccc4oc5ccccc5c4c3)cc21. The average Bonchev–Trinajstić information content (AvgIpc) is 3.86. The van der Waals surface area contributed by atoms with Crippen molar-refractivity contribution in [1.29, 1.82) is 0 Å². The van der Waals surface area contributed by atoms with E-state index < -0.39 is 5.41 Å². The molecule has 0 saturated carbocycles. The lowest BCUT2D eigenvalue weighted by Gasteiger charge is -2.50. The predicted molar refractivity (Wildman–Crippen MR) is 252 cm³/mol. The van der Waals surface area contributed by atoms with E-state index >= 15 is 0 Å². The zero-order valence-corrected chi connectivity index (χ0v) is 33.9. The Morgan fingerprint density at radius 1 is 0.393 bits per heavy atom. The van der Waals surface area contributed by atoms with Crippen LogP contribution in [0.2, 0.25) is 0 Å². The second-order valence-electron chi connectivity index (χ2n) is 17.2. The van der Waals surface area contributed by atoms with Gasteiger partial charge in [-0.15, -0.1) is 0 Å². The summed E-state index contributed by atoms with van der Waals surface area (Å²) in [5, 5.41) is 4.79. The number of aromatic nitrogens is 1. The number of hydrogen-bond acceptors (Lipinski definition) is 2. The van der Waals surface area contributed by atoms with Gasteiger partial charge in [0.25, 0.3) is 0 Å². The van der Waals surface area contributed by atoms with Crippen LogP contribution in [0.4, 0.5) is 17.1 Å². The third kappa shape index (κ3) is 4.58. The molecule has 2 aromatic heterocycles. The van der Waals surface area contributed by atoms with Gasteiger partial charge < -0.3 is 13.9 Å². The lowest BCUT2D eigenvalue weighted by atomic mass is 9.53. The average molecular weight is 781 g/mol. The summed E-state index contributed by atoms with van der Waals surface area (Å²) in [6.07, 6.45) is 0. The molecule has 1 atom stereocenters. The normalized spacial score (nSPS) is 15.9. The van der Waals surface area contributed by atoms with Crippen molar-refractivity contribution in [2.75, 3.05) is 4.90 Å². The fourth-order valence-corrected chi connectivity index (χ4v) is 11.2. The van der Waals surface area contributed by atoms with Crippen LogP contribution in [0.3, 0.4) is 0 Å². The first-order chi connectivity index (χ1) is 30.0. The molecule has 3 heterocycles. The van der Waals surface area contributed by atoms with Gasteiger partial charge in [-0.05, 0) is 105 Å². The van der Waals surface area contributed by atoms with Crippen molar-refractivity contribution in [3.63, 3.8) is 0 Å². The number of fused-ring (bicyclic) bond motifs is 14. The van der Waals surface area contributed by atoms with Gasteiger partial charge in [-0.25, -0.2) is 0 Å². The Hall–Kier alpha value is -7.62. The third-order valence-electron chi connectivity index (χ3n) is 13.8. The molecule has 0 radical (unpaired) electrons. The van der Waals surface area contributed by atoms with Crippen LogP contribution in [-0.2, 0) is 10.8 Å². The standard InChI is InChI=1S/C58H40N2O/c1-57(2)46-20-8-9-21-47(46)58(49-22-10-12-25-53(49)60-52-24-11-6-17-42(52)44-19-14-23-50(58)56(44)60)48-33-31-41(36-51(48)57)59(39-29-27-38(28-30-39)37-15-4-3-5-16-37)40-32-34-55-45(35-40)43-18-7-13-26-54(43)61-55/h3-36H,1-2H3. The smallest absolute Gasteiger partial charge is 0.135 e. The molecule has 288 valence electrons. The second kappa shape index (κ2) is 12.5. The van der Waals surface area contributed by atoms with E-state index in [2.05, 4.69) is 224 Å². The first-order valence-corrected chi connectivity index (χ1v) is 21.3. The Bertz CT molecular complexity index is 3570. The summed E-state index contributed by atoms with van der Waals surface area (Å²) in [4.78, 5) is 2.42. The molecule has 2 aliphatic rings. The van der Waals surface area contributed by atoms with Gasteiger partial charge in [-0.2, -0.15) is 0 Å². The van der Waals surface area contributed by atoms with Crippen LogP contribution < -0.4 is 4.90 Å². The Kier molecular flexibility index (Phi) is 6.99. The number of para-hydroxylation sites is 4. The second-order valence-corrected chi connectivity index (χ2v) is 17.2. The molecular formula is C58H40N2O. The van der Waals surface area contributed by atoms with Crippen LogP contribution in [-0.4, -0.2) is 4.57 Å². The molecule has 1 aliphatic carbocycles. The molecule has 1 unspecified atom stereocenters. The maximum atomic E-state index is 6.34. The highest BCUT2D eigenvalue weighted by atomic mass is 16.3. The van der Waals surface area contributed by atoms with Gasteiger partial charge in [-0.3, -0.25) is 0 Å². The maximum Gasteiger partial charge on any atom is 0.135 e. The Morgan fingerprint density at radius 2 is 0.984 bits per heavy atom. The Morgan fingerprint density at radius 3 is 1.84 bits per heavy atom. The summed E-state index contributed by atoms with van der Waals surface area (Å²) in [6, 6.07) is 76.1. The van der Waals surface area contributed by atoms with Crippen LogP contribution in [0.25, 0.3) is 60.6 Å². The van der Waals surface area contributed by atoms with Crippen LogP contribution >= 0.6 is 0 Å². The molecule has 11 aromatic rings. The molecule has 0 N–H and O–H groups in total. The van der Waals surface area contributed by atoms with E-state index in [9.17, 15) is 0 Å². The lowest BCUT2D eigenvalue weighted by Crippen LogP contribution is -2.44. The van der Waals surface area contributed by atoms with Gasteiger partial charge in [-0.1, -0.05) is 159 Å². The van der Waals surface area contributed by atoms with E-state index in [1.54, 1.807) is 0 Å². The van der Waals surface area contributed by atoms with Gasteiger partial charge in [0.15, 0.2) is 0 Å². The molecular weight excluding hydrogens is 741 g/mol. The van der Waals surface area contributed by atoms with Crippen molar-refractivity contribution in [2.24, 2.45) is 0 Å². The monoisotopic (exact) mass is 780 g/mol. The predicted octanol–water partition coefficient (Wildman–Crippen LogP) is 15.2. The van der Waals surface area contributed by atoms with E-state index in [4.69, 9.17) is 4.42 Å². The molecule has 3 heteroatoms. The first kappa shape index (κ1) is 34.3. The summed E-state index contributed by atoms with van der Waals surface area (Å²) in [5.41, 5.74) is 18.3. The van der Waals surface area contributed by atoms with E-state index in [0.29, 0.717) is 0 Å². The van der Waals surface area contributed by atoms with Crippen molar-refractivity contribution in [1.82, 2.24) is 4.57 Å². The summed E-state index contributed by atoms with van der Waals surface area (Å²) in [7, 11) is 0. The fraction of sp³-hybridized carbons (Fsp3) is 0.0690. The molecule has 3 nitrogen and oxygen atoms in total. The molecule has 0 fully saturated rings. The van der Waals surface area contributed by atoms with Crippen molar-refractivity contribution in [3.05, 3.63) is 240 Å². The van der Waals surface area contributed by atoms with E-state index in [0.717, 1.165) is 39.0 Å². The largest absolute Gasteiger partial charge is 0.456 e. The number of benzene rings is 9. The van der Waals surface area contributed by atoms with Gasteiger partial charge in [0.05, 0.1) is 22.1 Å². The minimum Gasteiger partial charge on any atom is -0.456 e. The van der Waals surface area contributed by atoms with Gasteiger partial charge in [0.2, 0.25) is 0 Å². The fourth-order valence-electron chi connectivity index (χ4n) is 11.2. The van der Waals surface area contributed by atoms with Crippen LogP contribution in [0, 0.1) is 0 Å². The molecule has 0 amide bonds. The van der Waals surface area contributed by atoms with E-state index in [1.807, 2.05) is 6.07 Å². The summed E-state index contributed by atoms with van der Waals surface area (Å²) < 4.78 is 8.86. The highest BCUT2D eigenvalue weighted by molar-refractivity contribution is 6.12. The van der Waals surface area contributed by atoms with Crippen LogP contribution in [0.5, 0.6) is 0 Å². The zero-order valence-electron chi connectivity index (χ0n) is 33.9. The molecule has 0 bridgehead atoms. The molecule has 0 saturated heterocycles. The van der Waals surface area contributed by atoms with Gasteiger partial charge in [0, 0.05) is 44.0 Å². The lowest BCUT2D eigenvalue weighted by molar-refractivity contribution is 0.556. The maximum absolute atomic E-state index is 6.34. The Labute approximate surface area is 354 Å². The summed E-state index contributed by atoms with van der Waals surface area (Å²) in [6.45, 7) is 4.83. The van der Waals surface area contributed by atoms with Crippen molar-refractivity contribution in [3.8, 4) is 16.8 Å². The highest BCUT2D eigenvalue weighted by Gasteiger charge is 2.52. The van der Waals surface area contributed by atoms with Crippen molar-refractivity contribution < 1.29 is 4.42 Å². The third-order valence-corrected chi connectivity index (χ3v) is 13.8.